The van der Waals surface area contributed by atoms with Crippen LogP contribution < -0.4 is 10.2 Å². The third-order valence-corrected chi connectivity index (χ3v) is 3.63. The third-order valence-electron chi connectivity index (χ3n) is 3.63. The summed E-state index contributed by atoms with van der Waals surface area (Å²) in [4.78, 5) is 14.4. The van der Waals surface area contributed by atoms with Gasteiger partial charge in [-0.3, -0.25) is 4.79 Å². The van der Waals surface area contributed by atoms with Crippen LogP contribution in [0, 0.1) is 0 Å². The summed E-state index contributed by atoms with van der Waals surface area (Å²) in [6.07, 6.45) is 2.54. The second kappa shape index (κ2) is 5.78. The Kier molecular flexibility index (Phi) is 3.68. The number of amides is 1. The smallest absolute Gasteiger partial charge is 0.255 e. The first-order valence-corrected chi connectivity index (χ1v) is 7.04. The lowest BCUT2D eigenvalue weighted by Gasteiger charge is -2.17. The molecule has 1 amide bonds. The van der Waals surface area contributed by atoms with Crippen molar-refractivity contribution in [1.82, 2.24) is 0 Å². The van der Waals surface area contributed by atoms with Gasteiger partial charge < -0.3 is 10.2 Å². The van der Waals surface area contributed by atoms with Gasteiger partial charge in [-0.1, -0.05) is 18.2 Å². The van der Waals surface area contributed by atoms with Crippen molar-refractivity contribution in [3.05, 3.63) is 60.2 Å². The summed E-state index contributed by atoms with van der Waals surface area (Å²) >= 11 is 0. The number of carbonyl (C=O) groups excluding carboxylic acids is 1. The molecule has 3 heteroatoms. The molecule has 0 unspecified atom stereocenters. The highest BCUT2D eigenvalue weighted by molar-refractivity contribution is 6.04. The lowest BCUT2D eigenvalue weighted by Crippen LogP contribution is -2.17. The van der Waals surface area contributed by atoms with Gasteiger partial charge in [0.2, 0.25) is 0 Å². The van der Waals surface area contributed by atoms with Crippen LogP contribution >= 0.6 is 0 Å². The molecule has 0 spiro atoms. The van der Waals surface area contributed by atoms with E-state index in [4.69, 9.17) is 0 Å². The third kappa shape index (κ3) is 2.82. The Bertz CT molecular complexity index is 572. The zero-order valence-corrected chi connectivity index (χ0v) is 11.4. The van der Waals surface area contributed by atoms with E-state index in [2.05, 4.69) is 22.3 Å². The fraction of sp³-hybridized carbons (Fsp3) is 0.235. The summed E-state index contributed by atoms with van der Waals surface area (Å²) in [5, 5.41) is 2.92. The van der Waals surface area contributed by atoms with E-state index in [-0.39, 0.29) is 5.91 Å². The second-order valence-corrected chi connectivity index (χ2v) is 5.06. The number of benzene rings is 2. The first-order chi connectivity index (χ1) is 9.83. The van der Waals surface area contributed by atoms with Gasteiger partial charge in [-0.05, 0) is 49.2 Å². The number of nitrogens with zero attached hydrogens (tertiary/aromatic N) is 1. The Balaban J connectivity index is 1.67. The monoisotopic (exact) mass is 266 g/mol. The Labute approximate surface area is 119 Å². The molecule has 0 bridgehead atoms. The molecule has 1 saturated heterocycles. The lowest BCUT2D eigenvalue weighted by molar-refractivity contribution is 0.102. The number of carbonyl (C=O) groups is 1. The number of anilines is 2. The molecule has 102 valence electrons. The average molecular weight is 266 g/mol. The van der Waals surface area contributed by atoms with Crippen LogP contribution in [0.1, 0.15) is 23.2 Å². The van der Waals surface area contributed by atoms with Gasteiger partial charge in [-0.25, -0.2) is 0 Å². The Morgan fingerprint density at radius 2 is 1.55 bits per heavy atom. The maximum atomic E-state index is 12.0. The molecule has 0 radical (unpaired) electrons. The normalized spacial score (nSPS) is 14.3. The van der Waals surface area contributed by atoms with Crippen molar-refractivity contribution in [3.8, 4) is 0 Å². The van der Waals surface area contributed by atoms with Gasteiger partial charge in [-0.2, -0.15) is 0 Å². The lowest BCUT2D eigenvalue weighted by atomic mass is 10.2. The predicted octanol–water partition coefficient (Wildman–Crippen LogP) is 3.54. The van der Waals surface area contributed by atoms with E-state index in [1.807, 2.05) is 42.5 Å². The summed E-state index contributed by atoms with van der Waals surface area (Å²) in [6, 6.07) is 17.3. The second-order valence-electron chi connectivity index (χ2n) is 5.06. The van der Waals surface area contributed by atoms with Crippen LogP contribution in [0.15, 0.2) is 54.6 Å². The molecule has 3 rings (SSSR count). The van der Waals surface area contributed by atoms with E-state index in [1.165, 1.54) is 18.5 Å². The Morgan fingerprint density at radius 1 is 0.900 bits per heavy atom. The first kappa shape index (κ1) is 12.7. The van der Waals surface area contributed by atoms with Crippen LogP contribution in [-0.2, 0) is 0 Å². The van der Waals surface area contributed by atoms with E-state index < -0.39 is 0 Å². The Hall–Kier alpha value is -2.29. The van der Waals surface area contributed by atoms with Gasteiger partial charge in [-0.15, -0.1) is 0 Å². The fourth-order valence-electron chi connectivity index (χ4n) is 2.52. The van der Waals surface area contributed by atoms with E-state index in [0.29, 0.717) is 5.56 Å². The van der Waals surface area contributed by atoms with Crippen LogP contribution in [0.3, 0.4) is 0 Å². The summed E-state index contributed by atoms with van der Waals surface area (Å²) < 4.78 is 0. The molecule has 0 aliphatic carbocycles. The van der Waals surface area contributed by atoms with Crippen LogP contribution in [0.25, 0.3) is 0 Å². The molecule has 3 nitrogen and oxygen atoms in total. The SMILES string of the molecule is O=C(Nc1ccc(N2CCCC2)cc1)c1ccccc1. The molecular weight excluding hydrogens is 248 g/mol. The van der Waals surface area contributed by atoms with Crippen molar-refractivity contribution in [2.45, 2.75) is 12.8 Å². The Morgan fingerprint density at radius 3 is 2.20 bits per heavy atom. The molecule has 1 fully saturated rings. The minimum atomic E-state index is -0.0699. The molecule has 0 atom stereocenters. The van der Waals surface area contributed by atoms with Crippen molar-refractivity contribution in [2.75, 3.05) is 23.3 Å². The largest absolute Gasteiger partial charge is 0.372 e. The zero-order valence-electron chi connectivity index (χ0n) is 11.4. The van der Waals surface area contributed by atoms with E-state index in [1.54, 1.807) is 0 Å². The highest BCUT2D eigenvalue weighted by atomic mass is 16.1. The zero-order chi connectivity index (χ0) is 13.8. The highest BCUT2D eigenvalue weighted by Gasteiger charge is 2.12. The molecule has 0 aromatic heterocycles. The molecule has 2 aromatic carbocycles. The highest BCUT2D eigenvalue weighted by Crippen LogP contribution is 2.22. The minimum absolute atomic E-state index is 0.0699. The van der Waals surface area contributed by atoms with Gasteiger partial charge >= 0.3 is 0 Å². The van der Waals surface area contributed by atoms with E-state index in [0.717, 1.165) is 18.8 Å². The first-order valence-electron chi connectivity index (χ1n) is 7.04. The van der Waals surface area contributed by atoms with Gasteiger partial charge in [0.1, 0.15) is 0 Å². The van der Waals surface area contributed by atoms with Crippen LogP contribution in [0.5, 0.6) is 0 Å². The summed E-state index contributed by atoms with van der Waals surface area (Å²) in [5.74, 6) is -0.0699. The standard InChI is InChI=1S/C17H18N2O/c20-17(14-6-2-1-3-7-14)18-15-8-10-16(11-9-15)19-12-4-5-13-19/h1-3,6-11H,4-5,12-13H2,(H,18,20). The topological polar surface area (TPSA) is 32.3 Å². The number of hydrogen-bond donors (Lipinski definition) is 1. The molecular formula is C17H18N2O. The molecule has 1 aliphatic rings. The number of hydrogen-bond acceptors (Lipinski definition) is 2. The van der Waals surface area contributed by atoms with Crippen LogP contribution in [0.2, 0.25) is 0 Å². The van der Waals surface area contributed by atoms with Crippen LogP contribution in [-0.4, -0.2) is 19.0 Å². The maximum Gasteiger partial charge on any atom is 0.255 e. The van der Waals surface area contributed by atoms with Crippen molar-refractivity contribution in [2.24, 2.45) is 0 Å². The molecule has 1 heterocycles. The van der Waals surface area contributed by atoms with Gasteiger partial charge in [0.15, 0.2) is 0 Å². The fourth-order valence-corrected chi connectivity index (χ4v) is 2.52. The predicted molar refractivity (Wildman–Crippen MR) is 82.3 cm³/mol. The molecule has 2 aromatic rings. The van der Waals surface area contributed by atoms with Gasteiger partial charge in [0.05, 0.1) is 0 Å². The average Bonchev–Trinajstić information content (AvgIpc) is 3.03. The minimum Gasteiger partial charge on any atom is -0.372 e. The van der Waals surface area contributed by atoms with Gasteiger partial charge in [0.25, 0.3) is 5.91 Å². The maximum absolute atomic E-state index is 12.0. The summed E-state index contributed by atoms with van der Waals surface area (Å²) in [7, 11) is 0. The number of nitrogens with one attached hydrogen (secondary N) is 1. The number of rotatable bonds is 3. The molecule has 1 N–H and O–H groups in total. The van der Waals surface area contributed by atoms with E-state index in [9.17, 15) is 4.79 Å². The molecule has 1 aliphatic heterocycles. The van der Waals surface area contributed by atoms with Crippen LogP contribution in [0.4, 0.5) is 11.4 Å². The summed E-state index contributed by atoms with van der Waals surface area (Å²) in [6.45, 7) is 2.27. The van der Waals surface area contributed by atoms with E-state index >= 15 is 0 Å². The van der Waals surface area contributed by atoms with Crippen molar-refractivity contribution < 1.29 is 4.79 Å². The summed E-state index contributed by atoms with van der Waals surface area (Å²) in [5.41, 5.74) is 2.75. The van der Waals surface area contributed by atoms with Crippen molar-refractivity contribution in [1.29, 1.82) is 0 Å². The molecule has 0 saturated carbocycles. The van der Waals surface area contributed by atoms with Crippen molar-refractivity contribution in [3.63, 3.8) is 0 Å². The molecule has 20 heavy (non-hydrogen) atoms. The quantitative estimate of drug-likeness (QED) is 0.921. The van der Waals surface area contributed by atoms with Gasteiger partial charge in [0, 0.05) is 30.0 Å². The van der Waals surface area contributed by atoms with Crippen molar-refractivity contribution >= 4 is 17.3 Å².